The Morgan fingerprint density at radius 3 is 3.00 bits per heavy atom. The van der Waals surface area contributed by atoms with Crippen LogP contribution in [0.5, 0.6) is 5.75 Å². The summed E-state index contributed by atoms with van der Waals surface area (Å²) in [4.78, 5) is 8.43. The van der Waals surface area contributed by atoms with Crippen LogP contribution in [0.3, 0.4) is 0 Å². The van der Waals surface area contributed by atoms with Crippen LogP contribution in [0.4, 0.5) is 5.82 Å². The summed E-state index contributed by atoms with van der Waals surface area (Å²) in [5, 5.41) is 7.55. The van der Waals surface area contributed by atoms with Crippen LogP contribution < -0.4 is 10.1 Å². The maximum absolute atomic E-state index is 5.36. The molecule has 0 saturated heterocycles. The number of benzene rings is 1. The SMILES string of the molecule is COc1ccccc1CCNc1cc(C)nc2ncnn12. The number of nitrogens with one attached hydrogen (secondary N) is 1. The van der Waals surface area contributed by atoms with Crippen LogP contribution in [-0.4, -0.2) is 33.2 Å². The molecule has 3 aromatic rings. The van der Waals surface area contributed by atoms with Gasteiger partial charge in [-0.3, -0.25) is 0 Å². The molecular formula is C15H17N5O. The van der Waals surface area contributed by atoms with Gasteiger partial charge < -0.3 is 10.1 Å². The van der Waals surface area contributed by atoms with Gasteiger partial charge in [0.2, 0.25) is 0 Å². The number of hydrogen-bond donors (Lipinski definition) is 1. The number of aromatic nitrogens is 4. The largest absolute Gasteiger partial charge is 0.496 e. The van der Waals surface area contributed by atoms with E-state index in [1.165, 1.54) is 11.9 Å². The van der Waals surface area contributed by atoms with Crippen molar-refractivity contribution in [2.45, 2.75) is 13.3 Å². The number of nitrogens with zero attached hydrogens (tertiary/aromatic N) is 4. The Morgan fingerprint density at radius 1 is 1.29 bits per heavy atom. The van der Waals surface area contributed by atoms with Gasteiger partial charge >= 0.3 is 0 Å². The fraction of sp³-hybridized carbons (Fsp3) is 0.267. The molecule has 0 fully saturated rings. The predicted octanol–water partition coefficient (Wildman–Crippen LogP) is 2.10. The summed E-state index contributed by atoms with van der Waals surface area (Å²) < 4.78 is 7.06. The topological polar surface area (TPSA) is 64.3 Å². The van der Waals surface area contributed by atoms with Gasteiger partial charge in [-0.1, -0.05) is 18.2 Å². The summed E-state index contributed by atoms with van der Waals surface area (Å²) in [6, 6.07) is 10.00. The van der Waals surface area contributed by atoms with Crippen LogP contribution in [-0.2, 0) is 6.42 Å². The molecule has 0 saturated carbocycles. The molecule has 2 heterocycles. The first-order chi connectivity index (χ1) is 10.3. The van der Waals surface area contributed by atoms with E-state index in [9.17, 15) is 0 Å². The molecule has 0 radical (unpaired) electrons. The van der Waals surface area contributed by atoms with Crippen molar-refractivity contribution in [3.63, 3.8) is 0 Å². The molecule has 0 atom stereocenters. The quantitative estimate of drug-likeness (QED) is 0.777. The minimum atomic E-state index is 0.606. The maximum atomic E-state index is 5.36. The fourth-order valence-corrected chi connectivity index (χ4v) is 2.29. The summed E-state index contributed by atoms with van der Waals surface area (Å²) in [7, 11) is 1.69. The highest BCUT2D eigenvalue weighted by Gasteiger charge is 2.06. The second-order valence-corrected chi connectivity index (χ2v) is 4.74. The van der Waals surface area contributed by atoms with Crippen LogP contribution in [0.25, 0.3) is 5.78 Å². The molecule has 0 aliphatic carbocycles. The van der Waals surface area contributed by atoms with Gasteiger partial charge in [0.25, 0.3) is 5.78 Å². The van der Waals surface area contributed by atoms with E-state index in [0.717, 1.165) is 30.2 Å². The van der Waals surface area contributed by atoms with E-state index in [0.29, 0.717) is 5.78 Å². The van der Waals surface area contributed by atoms with Gasteiger partial charge in [0.05, 0.1) is 7.11 Å². The van der Waals surface area contributed by atoms with Crippen molar-refractivity contribution in [2.24, 2.45) is 0 Å². The molecule has 0 amide bonds. The zero-order valence-corrected chi connectivity index (χ0v) is 12.1. The third-order valence-corrected chi connectivity index (χ3v) is 3.27. The minimum absolute atomic E-state index is 0.606. The normalized spacial score (nSPS) is 10.8. The van der Waals surface area contributed by atoms with Gasteiger partial charge in [-0.25, -0.2) is 4.98 Å². The molecule has 0 unspecified atom stereocenters. The molecule has 6 nitrogen and oxygen atoms in total. The number of fused-ring (bicyclic) bond motifs is 1. The van der Waals surface area contributed by atoms with Crippen molar-refractivity contribution in [1.29, 1.82) is 0 Å². The third-order valence-electron chi connectivity index (χ3n) is 3.27. The second kappa shape index (κ2) is 5.78. The molecule has 108 valence electrons. The van der Waals surface area contributed by atoms with Gasteiger partial charge in [0, 0.05) is 18.3 Å². The van der Waals surface area contributed by atoms with Gasteiger partial charge in [-0.15, -0.1) is 0 Å². The number of aryl methyl sites for hydroxylation is 1. The number of rotatable bonds is 5. The first-order valence-corrected chi connectivity index (χ1v) is 6.81. The zero-order chi connectivity index (χ0) is 14.7. The number of methoxy groups -OCH3 is 1. The Balaban J connectivity index is 1.73. The summed E-state index contributed by atoms with van der Waals surface area (Å²) >= 11 is 0. The Labute approximate surface area is 122 Å². The Bertz CT molecular complexity index is 753. The first kappa shape index (κ1) is 13.4. The molecule has 3 rings (SSSR count). The fourth-order valence-electron chi connectivity index (χ4n) is 2.29. The van der Waals surface area contributed by atoms with E-state index in [-0.39, 0.29) is 0 Å². The lowest BCUT2D eigenvalue weighted by Crippen LogP contribution is -2.10. The molecule has 2 aromatic heterocycles. The van der Waals surface area contributed by atoms with Crippen molar-refractivity contribution in [3.05, 3.63) is 47.9 Å². The van der Waals surface area contributed by atoms with E-state index in [1.807, 2.05) is 31.2 Å². The Hall–Kier alpha value is -2.63. The van der Waals surface area contributed by atoms with Gasteiger partial charge in [-0.05, 0) is 25.0 Å². The number of para-hydroxylation sites is 1. The van der Waals surface area contributed by atoms with E-state index in [2.05, 4.69) is 26.4 Å². The summed E-state index contributed by atoms with van der Waals surface area (Å²) in [6.45, 7) is 2.72. The molecule has 1 aromatic carbocycles. The number of anilines is 1. The van der Waals surface area contributed by atoms with Crippen LogP contribution >= 0.6 is 0 Å². The van der Waals surface area contributed by atoms with Crippen LogP contribution in [0.1, 0.15) is 11.3 Å². The molecule has 6 heteroatoms. The van der Waals surface area contributed by atoms with E-state index in [4.69, 9.17) is 4.74 Å². The van der Waals surface area contributed by atoms with Crippen molar-refractivity contribution in [2.75, 3.05) is 19.0 Å². The molecule has 0 spiro atoms. The lowest BCUT2D eigenvalue weighted by molar-refractivity contribution is 0.410. The van der Waals surface area contributed by atoms with E-state index in [1.54, 1.807) is 11.6 Å². The molecule has 0 aliphatic heterocycles. The van der Waals surface area contributed by atoms with Gasteiger partial charge in [0.1, 0.15) is 17.9 Å². The van der Waals surface area contributed by atoms with Crippen molar-refractivity contribution in [3.8, 4) is 5.75 Å². The Kier molecular flexibility index (Phi) is 3.68. The van der Waals surface area contributed by atoms with Gasteiger partial charge in [-0.2, -0.15) is 14.6 Å². The zero-order valence-electron chi connectivity index (χ0n) is 12.1. The van der Waals surface area contributed by atoms with Crippen LogP contribution in [0.2, 0.25) is 0 Å². The molecular weight excluding hydrogens is 266 g/mol. The standard InChI is InChI=1S/C15H17N5O/c1-11-9-14(20-15(19-11)17-10-18-20)16-8-7-12-5-3-4-6-13(12)21-2/h3-6,9-10,16H,7-8H2,1-2H3. The first-order valence-electron chi connectivity index (χ1n) is 6.81. The minimum Gasteiger partial charge on any atom is -0.496 e. The highest BCUT2D eigenvalue weighted by molar-refractivity contribution is 5.45. The third kappa shape index (κ3) is 2.79. The van der Waals surface area contributed by atoms with E-state index >= 15 is 0 Å². The summed E-state index contributed by atoms with van der Waals surface area (Å²) in [5.74, 6) is 2.41. The van der Waals surface area contributed by atoms with Crippen molar-refractivity contribution in [1.82, 2.24) is 19.6 Å². The lowest BCUT2D eigenvalue weighted by atomic mass is 10.1. The average Bonchev–Trinajstić information content (AvgIpc) is 2.96. The lowest BCUT2D eigenvalue weighted by Gasteiger charge is -2.10. The second-order valence-electron chi connectivity index (χ2n) is 4.74. The molecule has 1 N–H and O–H groups in total. The Morgan fingerprint density at radius 2 is 2.14 bits per heavy atom. The smallest absolute Gasteiger partial charge is 0.254 e. The van der Waals surface area contributed by atoms with Crippen LogP contribution in [0, 0.1) is 6.92 Å². The summed E-state index contributed by atoms with van der Waals surface area (Å²) in [6.07, 6.45) is 2.37. The van der Waals surface area contributed by atoms with Crippen molar-refractivity contribution >= 4 is 11.6 Å². The molecule has 21 heavy (non-hydrogen) atoms. The monoisotopic (exact) mass is 283 g/mol. The van der Waals surface area contributed by atoms with Crippen LogP contribution in [0.15, 0.2) is 36.7 Å². The predicted molar refractivity (Wildman–Crippen MR) is 80.7 cm³/mol. The highest BCUT2D eigenvalue weighted by atomic mass is 16.5. The molecule has 0 aliphatic rings. The van der Waals surface area contributed by atoms with Gasteiger partial charge in [0.15, 0.2) is 0 Å². The number of ether oxygens (including phenoxy) is 1. The average molecular weight is 283 g/mol. The van der Waals surface area contributed by atoms with E-state index < -0.39 is 0 Å². The molecule has 0 bridgehead atoms. The van der Waals surface area contributed by atoms with Crippen molar-refractivity contribution < 1.29 is 4.74 Å². The number of hydrogen-bond acceptors (Lipinski definition) is 5. The maximum Gasteiger partial charge on any atom is 0.254 e. The summed E-state index contributed by atoms with van der Waals surface area (Å²) in [5.41, 5.74) is 2.09. The highest BCUT2D eigenvalue weighted by Crippen LogP contribution is 2.18.